The van der Waals surface area contributed by atoms with Gasteiger partial charge in [0.2, 0.25) is 17.8 Å². The van der Waals surface area contributed by atoms with Gasteiger partial charge in [0, 0.05) is 23.9 Å². The molecule has 3 heterocycles. The van der Waals surface area contributed by atoms with Gasteiger partial charge in [-0.25, -0.2) is 9.37 Å². The van der Waals surface area contributed by atoms with Crippen LogP contribution in [0.5, 0.6) is 0 Å². The second kappa shape index (κ2) is 10.3. The van der Waals surface area contributed by atoms with Gasteiger partial charge in [0.15, 0.2) is 0 Å². The Morgan fingerprint density at radius 3 is 2.51 bits per heavy atom. The van der Waals surface area contributed by atoms with Crippen molar-refractivity contribution in [2.24, 2.45) is 0 Å². The van der Waals surface area contributed by atoms with Crippen LogP contribution in [-0.2, 0) is 16.1 Å². The maximum atomic E-state index is 14.7. The van der Waals surface area contributed by atoms with E-state index in [1.165, 1.54) is 9.58 Å². The number of benzene rings is 1. The molecule has 1 aromatic carbocycles. The number of nitrogens with zero attached hydrogens (tertiary/aromatic N) is 4. The minimum absolute atomic E-state index is 0.0423. The Morgan fingerprint density at radius 2 is 1.89 bits per heavy atom. The van der Waals surface area contributed by atoms with Crippen LogP contribution < -0.4 is 5.32 Å². The van der Waals surface area contributed by atoms with E-state index < -0.39 is 30.1 Å². The monoisotopic (exact) mass is 481 g/mol. The van der Waals surface area contributed by atoms with Gasteiger partial charge in [-0.1, -0.05) is 50.2 Å². The van der Waals surface area contributed by atoms with Crippen molar-refractivity contribution < 1.29 is 18.4 Å². The third-order valence-electron chi connectivity index (χ3n) is 6.32. The molecule has 3 unspecified atom stereocenters. The number of amides is 2. The summed E-state index contributed by atoms with van der Waals surface area (Å²) in [6.07, 6.45) is 0.158. The molecule has 184 valence electrons. The lowest BCUT2D eigenvalue weighted by Gasteiger charge is -2.27. The van der Waals surface area contributed by atoms with E-state index in [1.807, 2.05) is 39.0 Å². The minimum Gasteiger partial charge on any atom is -0.342 e. The molecule has 0 bridgehead atoms. The molecule has 0 spiro atoms. The van der Waals surface area contributed by atoms with Crippen LogP contribution in [0.3, 0.4) is 0 Å². The van der Waals surface area contributed by atoms with Crippen molar-refractivity contribution in [3.05, 3.63) is 83.2 Å². The van der Waals surface area contributed by atoms with E-state index >= 15 is 0 Å². The molecular weight excluding hydrogens is 452 g/mol. The molecule has 1 saturated heterocycles. The molecule has 0 radical (unpaired) electrons. The first-order valence-corrected chi connectivity index (χ1v) is 11.7. The van der Waals surface area contributed by atoms with Crippen molar-refractivity contribution in [3.8, 4) is 0 Å². The standard InChI is InChI=1S/C26H29F2N5O2/c1-16(2)20-9-10-21(30-25(20)28)24(18-7-5-4-6-8-18)31-26(35)22-13-19(27)14-32(22)23(34)15-33-17(3)11-12-29-33/h4-12,16,19,22,24H,13-15H2,1-3H3,(H,31,35). The molecule has 2 aromatic heterocycles. The number of aromatic nitrogens is 3. The smallest absolute Gasteiger partial charge is 0.245 e. The van der Waals surface area contributed by atoms with E-state index in [1.54, 1.807) is 36.5 Å². The Labute approximate surface area is 203 Å². The molecule has 7 nitrogen and oxygen atoms in total. The molecule has 35 heavy (non-hydrogen) atoms. The molecule has 1 aliphatic heterocycles. The fourth-order valence-corrected chi connectivity index (χ4v) is 4.35. The van der Waals surface area contributed by atoms with Gasteiger partial charge in [0.1, 0.15) is 18.8 Å². The summed E-state index contributed by atoms with van der Waals surface area (Å²) >= 11 is 0. The molecule has 0 aliphatic carbocycles. The quantitative estimate of drug-likeness (QED) is 0.522. The first-order chi connectivity index (χ1) is 16.7. The van der Waals surface area contributed by atoms with Crippen LogP contribution in [-0.4, -0.2) is 50.2 Å². The number of carbonyl (C=O) groups is 2. The Balaban J connectivity index is 1.59. The van der Waals surface area contributed by atoms with Crippen LogP contribution in [0.2, 0.25) is 0 Å². The van der Waals surface area contributed by atoms with Crippen LogP contribution >= 0.6 is 0 Å². The third kappa shape index (κ3) is 5.39. The van der Waals surface area contributed by atoms with Crippen LogP contribution in [0.15, 0.2) is 54.7 Å². The van der Waals surface area contributed by atoms with E-state index in [4.69, 9.17) is 0 Å². The molecule has 2 amide bonds. The maximum Gasteiger partial charge on any atom is 0.245 e. The number of hydrogen-bond donors (Lipinski definition) is 1. The molecule has 3 aromatic rings. The summed E-state index contributed by atoms with van der Waals surface area (Å²) in [4.78, 5) is 31.7. The Kier molecular flexibility index (Phi) is 7.23. The van der Waals surface area contributed by atoms with Crippen LogP contribution in [0, 0.1) is 12.9 Å². The summed E-state index contributed by atoms with van der Waals surface area (Å²) in [7, 11) is 0. The fourth-order valence-electron chi connectivity index (χ4n) is 4.35. The van der Waals surface area contributed by atoms with Crippen LogP contribution in [0.25, 0.3) is 0 Å². The number of hydrogen-bond acceptors (Lipinski definition) is 4. The number of likely N-dealkylation sites (tertiary alicyclic amines) is 1. The highest BCUT2D eigenvalue weighted by atomic mass is 19.1. The van der Waals surface area contributed by atoms with Gasteiger partial charge < -0.3 is 10.2 Å². The number of carbonyl (C=O) groups excluding carboxylic acids is 2. The van der Waals surface area contributed by atoms with E-state index in [2.05, 4.69) is 15.4 Å². The fraction of sp³-hybridized carbons (Fsp3) is 0.385. The molecule has 1 aliphatic rings. The minimum atomic E-state index is -1.32. The van der Waals surface area contributed by atoms with Crippen molar-refractivity contribution in [3.63, 3.8) is 0 Å². The first-order valence-electron chi connectivity index (χ1n) is 11.7. The second-order valence-electron chi connectivity index (χ2n) is 9.15. The normalized spacial score (nSPS) is 18.6. The zero-order valence-electron chi connectivity index (χ0n) is 20.0. The molecule has 9 heteroatoms. The van der Waals surface area contributed by atoms with E-state index in [-0.39, 0.29) is 31.3 Å². The summed E-state index contributed by atoms with van der Waals surface area (Å²) in [5, 5.41) is 6.99. The summed E-state index contributed by atoms with van der Waals surface area (Å²) < 4.78 is 30.6. The Hall–Kier alpha value is -3.62. The molecule has 4 rings (SSSR count). The number of alkyl halides is 1. The molecule has 0 saturated carbocycles. The van der Waals surface area contributed by atoms with E-state index in [9.17, 15) is 18.4 Å². The van der Waals surface area contributed by atoms with Crippen molar-refractivity contribution in [2.75, 3.05) is 6.54 Å². The van der Waals surface area contributed by atoms with Crippen molar-refractivity contribution in [1.29, 1.82) is 0 Å². The Morgan fingerprint density at radius 1 is 1.14 bits per heavy atom. The number of nitrogens with one attached hydrogen (secondary N) is 1. The predicted octanol–water partition coefficient (Wildman–Crippen LogP) is 3.69. The van der Waals surface area contributed by atoms with Crippen molar-refractivity contribution in [1.82, 2.24) is 25.0 Å². The first kappa shape index (κ1) is 24.5. The lowest BCUT2D eigenvalue weighted by atomic mass is 9.99. The average Bonchev–Trinajstić information content (AvgIpc) is 3.42. The highest BCUT2D eigenvalue weighted by Crippen LogP contribution is 2.27. The topological polar surface area (TPSA) is 80.1 Å². The van der Waals surface area contributed by atoms with Gasteiger partial charge in [-0.05, 0) is 30.5 Å². The maximum absolute atomic E-state index is 14.7. The SMILES string of the molecule is Cc1ccnn1CC(=O)N1CC(F)CC1C(=O)NC(c1ccccc1)c1ccc(C(C)C)c(F)n1. The number of rotatable bonds is 7. The van der Waals surface area contributed by atoms with Gasteiger partial charge in [0.25, 0.3) is 0 Å². The number of aryl methyl sites for hydroxylation is 1. The number of halogens is 2. The highest BCUT2D eigenvalue weighted by molar-refractivity contribution is 5.88. The lowest BCUT2D eigenvalue weighted by molar-refractivity contribution is -0.139. The molecule has 3 atom stereocenters. The average molecular weight is 482 g/mol. The van der Waals surface area contributed by atoms with Gasteiger partial charge in [-0.2, -0.15) is 9.49 Å². The molecule has 1 fully saturated rings. The van der Waals surface area contributed by atoms with Crippen molar-refractivity contribution >= 4 is 11.8 Å². The van der Waals surface area contributed by atoms with Crippen LogP contribution in [0.1, 0.15) is 54.7 Å². The largest absolute Gasteiger partial charge is 0.342 e. The van der Waals surface area contributed by atoms with Gasteiger partial charge in [0.05, 0.1) is 18.3 Å². The van der Waals surface area contributed by atoms with E-state index in [0.717, 1.165) is 5.69 Å². The van der Waals surface area contributed by atoms with E-state index in [0.29, 0.717) is 16.8 Å². The predicted molar refractivity (Wildman–Crippen MR) is 127 cm³/mol. The summed E-state index contributed by atoms with van der Waals surface area (Å²) in [6.45, 7) is 5.32. The van der Waals surface area contributed by atoms with Crippen molar-refractivity contribution in [2.45, 2.75) is 57.9 Å². The molecule has 1 N–H and O–H groups in total. The van der Waals surface area contributed by atoms with Gasteiger partial charge in [-0.3, -0.25) is 14.3 Å². The summed E-state index contributed by atoms with van der Waals surface area (Å²) in [6, 6.07) is 12.4. The zero-order valence-corrected chi connectivity index (χ0v) is 20.0. The van der Waals surface area contributed by atoms with Gasteiger partial charge in [-0.15, -0.1) is 0 Å². The van der Waals surface area contributed by atoms with Crippen LogP contribution in [0.4, 0.5) is 8.78 Å². The lowest BCUT2D eigenvalue weighted by Crippen LogP contribution is -2.48. The third-order valence-corrected chi connectivity index (χ3v) is 6.32. The molecular formula is C26H29F2N5O2. The highest BCUT2D eigenvalue weighted by Gasteiger charge is 2.40. The number of pyridine rings is 1. The Bertz CT molecular complexity index is 1200. The summed E-state index contributed by atoms with van der Waals surface area (Å²) in [5.41, 5.74) is 2.29. The summed E-state index contributed by atoms with van der Waals surface area (Å²) in [5.74, 6) is -1.54. The zero-order chi connectivity index (χ0) is 25.1. The van der Waals surface area contributed by atoms with Gasteiger partial charge >= 0.3 is 0 Å². The second-order valence-corrected chi connectivity index (χ2v) is 9.15.